The lowest BCUT2D eigenvalue weighted by Crippen LogP contribution is -2.01. The van der Waals surface area contributed by atoms with Crippen LogP contribution in [0, 0.1) is 5.92 Å². The van der Waals surface area contributed by atoms with Crippen molar-refractivity contribution in [1.29, 1.82) is 0 Å². The average Bonchev–Trinajstić information content (AvgIpc) is 2.34. The third kappa shape index (κ3) is 5.97. The van der Waals surface area contributed by atoms with E-state index in [2.05, 4.69) is 20.4 Å². The minimum Gasteiger partial charge on any atom is -0.493 e. The maximum atomic E-state index is 6.09. The molecule has 96 valence electrons. The van der Waals surface area contributed by atoms with E-state index in [4.69, 9.17) is 16.3 Å². The maximum absolute atomic E-state index is 6.09. The van der Waals surface area contributed by atoms with Crippen molar-refractivity contribution in [3.63, 3.8) is 0 Å². The highest BCUT2D eigenvalue weighted by Crippen LogP contribution is 2.23. The van der Waals surface area contributed by atoms with Crippen molar-refractivity contribution in [1.82, 2.24) is 0 Å². The minimum absolute atomic E-state index is 0.666. The van der Waals surface area contributed by atoms with E-state index >= 15 is 0 Å². The lowest BCUT2D eigenvalue weighted by atomic mass is 10.1. The Morgan fingerprint density at radius 3 is 2.71 bits per heavy atom. The quantitative estimate of drug-likeness (QED) is 0.671. The van der Waals surface area contributed by atoms with Crippen LogP contribution in [0.25, 0.3) is 0 Å². The van der Waals surface area contributed by atoms with Crippen molar-refractivity contribution in [2.75, 3.05) is 6.61 Å². The molecule has 1 aliphatic rings. The average molecular weight is 255 g/mol. The second-order valence-electron chi connectivity index (χ2n) is 4.99. The van der Waals surface area contributed by atoms with Crippen LogP contribution in [-0.4, -0.2) is 6.61 Å². The third-order valence-corrected chi connectivity index (χ3v) is 3.18. The van der Waals surface area contributed by atoms with Crippen molar-refractivity contribution >= 4 is 11.6 Å². The fourth-order valence-corrected chi connectivity index (χ4v) is 1.87. The zero-order chi connectivity index (χ0) is 12.7. The first kappa shape index (κ1) is 14.4. The van der Waals surface area contributed by atoms with Gasteiger partial charge in [-0.1, -0.05) is 32.0 Å². The molecule has 0 bridgehead atoms. The van der Waals surface area contributed by atoms with Gasteiger partial charge < -0.3 is 4.74 Å². The van der Waals surface area contributed by atoms with Crippen LogP contribution < -0.4 is 0 Å². The maximum Gasteiger partial charge on any atom is 0.121 e. The van der Waals surface area contributed by atoms with Gasteiger partial charge in [-0.05, 0) is 55.7 Å². The zero-order valence-electron chi connectivity index (χ0n) is 11.0. The summed E-state index contributed by atoms with van der Waals surface area (Å²) in [7, 11) is 0. The Balaban J connectivity index is 2.59. The van der Waals surface area contributed by atoms with Crippen LogP contribution in [0.5, 0.6) is 0 Å². The van der Waals surface area contributed by atoms with Crippen LogP contribution in [0.3, 0.4) is 0 Å². The number of hydrogen-bond donors (Lipinski definition) is 0. The van der Waals surface area contributed by atoms with E-state index in [0.29, 0.717) is 5.92 Å². The van der Waals surface area contributed by atoms with Gasteiger partial charge in [0.05, 0.1) is 6.61 Å². The highest BCUT2D eigenvalue weighted by molar-refractivity contribution is 6.29. The number of hydrogen-bond acceptors (Lipinski definition) is 1. The fraction of sp³-hybridized carbons (Fsp3) is 0.600. The van der Waals surface area contributed by atoms with Crippen molar-refractivity contribution < 1.29 is 4.74 Å². The molecule has 0 aromatic carbocycles. The Morgan fingerprint density at radius 1 is 1.29 bits per heavy atom. The number of allylic oxidation sites excluding steroid dienone is 4. The first-order valence-corrected chi connectivity index (χ1v) is 6.84. The number of halogens is 1. The molecule has 2 heteroatoms. The first-order chi connectivity index (χ1) is 8.09. The Bertz CT molecular complexity index is 313. The van der Waals surface area contributed by atoms with Gasteiger partial charge in [0.2, 0.25) is 0 Å². The van der Waals surface area contributed by atoms with E-state index in [-0.39, 0.29) is 0 Å². The molecule has 0 atom stereocenters. The summed E-state index contributed by atoms with van der Waals surface area (Å²) in [5, 5.41) is 0.907. The van der Waals surface area contributed by atoms with E-state index in [1.165, 1.54) is 0 Å². The molecule has 1 rings (SSSR count). The van der Waals surface area contributed by atoms with Crippen LogP contribution in [0.4, 0.5) is 0 Å². The zero-order valence-corrected chi connectivity index (χ0v) is 11.7. The van der Waals surface area contributed by atoms with E-state index in [1.54, 1.807) is 0 Å². The van der Waals surface area contributed by atoms with Crippen LogP contribution in [0.1, 0.15) is 46.0 Å². The molecule has 1 aliphatic carbocycles. The van der Waals surface area contributed by atoms with Crippen LogP contribution in [0.2, 0.25) is 0 Å². The topological polar surface area (TPSA) is 9.23 Å². The smallest absolute Gasteiger partial charge is 0.121 e. The van der Waals surface area contributed by atoms with Gasteiger partial charge in [-0.25, -0.2) is 0 Å². The molecule has 0 aromatic heterocycles. The van der Waals surface area contributed by atoms with Gasteiger partial charge in [0.25, 0.3) is 0 Å². The molecule has 0 amide bonds. The van der Waals surface area contributed by atoms with Gasteiger partial charge in [0, 0.05) is 5.03 Å². The van der Waals surface area contributed by atoms with Crippen molar-refractivity contribution in [2.45, 2.75) is 46.0 Å². The van der Waals surface area contributed by atoms with Crippen molar-refractivity contribution in [3.05, 3.63) is 35.1 Å². The van der Waals surface area contributed by atoms with Crippen LogP contribution in [0.15, 0.2) is 35.1 Å². The van der Waals surface area contributed by atoms with Gasteiger partial charge in [0.15, 0.2) is 0 Å². The Kier molecular flexibility index (Phi) is 6.43. The van der Waals surface area contributed by atoms with Gasteiger partial charge in [-0.3, -0.25) is 0 Å². The predicted octanol–water partition coefficient (Wildman–Crippen LogP) is 5.19. The summed E-state index contributed by atoms with van der Waals surface area (Å²) in [6, 6.07) is 0. The summed E-state index contributed by atoms with van der Waals surface area (Å²) in [5.41, 5.74) is 1.09. The van der Waals surface area contributed by atoms with E-state index in [9.17, 15) is 0 Å². The van der Waals surface area contributed by atoms with Gasteiger partial charge >= 0.3 is 0 Å². The Hall–Kier alpha value is -0.690. The highest BCUT2D eigenvalue weighted by atomic mass is 35.5. The first-order valence-electron chi connectivity index (χ1n) is 6.47. The summed E-state index contributed by atoms with van der Waals surface area (Å²) >= 11 is 6.09. The SMILES string of the molecule is C=C1CCCC/C(Cl)=C\C=C/1OCCC(C)C. The minimum atomic E-state index is 0.666. The monoisotopic (exact) mass is 254 g/mol. The number of ether oxygens (including phenoxy) is 1. The van der Waals surface area contributed by atoms with Crippen molar-refractivity contribution in [2.24, 2.45) is 5.92 Å². The molecule has 0 saturated carbocycles. The van der Waals surface area contributed by atoms with E-state index in [0.717, 1.165) is 55.1 Å². The van der Waals surface area contributed by atoms with Crippen molar-refractivity contribution in [3.8, 4) is 0 Å². The third-order valence-electron chi connectivity index (χ3n) is 2.86. The Morgan fingerprint density at radius 2 is 2.00 bits per heavy atom. The molecule has 0 saturated heterocycles. The standard InChI is InChI=1S/C15H23ClO/c1-12(2)10-11-17-15-9-8-14(16)7-5-4-6-13(15)3/h8-9,12H,3-7,10-11H2,1-2H3/b14-8+,15-9+. The molecular weight excluding hydrogens is 232 g/mol. The molecule has 0 heterocycles. The largest absolute Gasteiger partial charge is 0.493 e. The highest BCUT2D eigenvalue weighted by Gasteiger charge is 2.07. The molecular formula is C15H23ClO. The lowest BCUT2D eigenvalue weighted by molar-refractivity contribution is 0.201. The summed E-state index contributed by atoms with van der Waals surface area (Å²) in [4.78, 5) is 0. The van der Waals surface area contributed by atoms with Gasteiger partial charge in [-0.2, -0.15) is 0 Å². The van der Waals surface area contributed by atoms with E-state index in [1.807, 2.05) is 12.2 Å². The molecule has 0 spiro atoms. The molecule has 0 radical (unpaired) electrons. The van der Waals surface area contributed by atoms with E-state index < -0.39 is 0 Å². The summed E-state index contributed by atoms with van der Waals surface area (Å²) < 4.78 is 5.80. The second-order valence-corrected chi connectivity index (χ2v) is 5.47. The van der Waals surface area contributed by atoms with Crippen LogP contribution >= 0.6 is 11.6 Å². The molecule has 0 aromatic rings. The lowest BCUT2D eigenvalue weighted by Gasteiger charge is -2.13. The molecule has 0 fully saturated rings. The molecule has 0 unspecified atom stereocenters. The predicted molar refractivity (Wildman–Crippen MR) is 75.0 cm³/mol. The summed E-state index contributed by atoms with van der Waals surface area (Å²) in [5.74, 6) is 1.57. The van der Waals surface area contributed by atoms with Gasteiger partial charge in [0.1, 0.15) is 5.76 Å². The summed E-state index contributed by atoms with van der Waals surface area (Å²) in [6.07, 6.45) is 9.21. The van der Waals surface area contributed by atoms with Crippen LogP contribution in [-0.2, 0) is 4.74 Å². The van der Waals surface area contributed by atoms with Gasteiger partial charge in [-0.15, -0.1) is 0 Å². The Labute approximate surface area is 110 Å². The molecule has 17 heavy (non-hydrogen) atoms. The molecule has 0 N–H and O–H groups in total. The number of rotatable bonds is 4. The molecule has 0 aliphatic heterocycles. The normalized spacial score (nSPS) is 24.1. The second kappa shape index (κ2) is 7.60. The fourth-order valence-electron chi connectivity index (χ4n) is 1.68. The molecule has 1 nitrogen and oxygen atoms in total. The summed E-state index contributed by atoms with van der Waals surface area (Å²) in [6.45, 7) is 9.26.